The molecule has 1 saturated heterocycles. The molecule has 0 aromatic carbocycles. The summed E-state index contributed by atoms with van der Waals surface area (Å²) >= 11 is 1.57. The molecule has 118 valence electrons. The van der Waals surface area contributed by atoms with Crippen molar-refractivity contribution in [1.82, 2.24) is 24.6 Å². The number of aryl methyl sites for hydroxylation is 1. The lowest BCUT2D eigenvalue weighted by molar-refractivity contribution is 0.0761. The van der Waals surface area contributed by atoms with Gasteiger partial charge in [-0.15, -0.1) is 10.2 Å². The van der Waals surface area contributed by atoms with Gasteiger partial charge in [0.1, 0.15) is 11.6 Å². The molecule has 0 spiro atoms. The number of rotatable bonds is 3. The van der Waals surface area contributed by atoms with Crippen LogP contribution in [0.5, 0.6) is 0 Å². The highest BCUT2D eigenvalue weighted by Crippen LogP contribution is 2.13. The molecule has 0 radical (unpaired) electrons. The van der Waals surface area contributed by atoms with E-state index in [1.807, 2.05) is 40.3 Å². The highest BCUT2D eigenvalue weighted by molar-refractivity contribution is 7.08. The third kappa shape index (κ3) is 3.20. The Kier molecular flexibility index (Phi) is 4.54. The number of hydrogen-bond donors (Lipinski definition) is 0. The van der Waals surface area contributed by atoms with Crippen molar-refractivity contribution in [1.29, 1.82) is 0 Å². The number of carbonyl (C=O) groups is 1. The highest BCUT2D eigenvalue weighted by atomic mass is 32.1. The van der Waals surface area contributed by atoms with Crippen LogP contribution in [0.15, 0.2) is 16.8 Å². The molecule has 3 rings (SSSR count). The fourth-order valence-electron chi connectivity index (χ4n) is 2.69. The lowest BCUT2D eigenvalue weighted by Crippen LogP contribution is -2.35. The summed E-state index contributed by atoms with van der Waals surface area (Å²) in [6.45, 7) is 6.20. The second kappa shape index (κ2) is 6.58. The molecule has 6 nitrogen and oxygen atoms in total. The van der Waals surface area contributed by atoms with Gasteiger partial charge < -0.3 is 9.47 Å². The number of amides is 1. The molecule has 2 aromatic heterocycles. The molecule has 3 heterocycles. The molecule has 1 amide bonds. The zero-order valence-electron chi connectivity index (χ0n) is 13.0. The molecule has 7 heteroatoms. The van der Waals surface area contributed by atoms with Gasteiger partial charge in [-0.3, -0.25) is 9.69 Å². The Hall–Kier alpha value is -1.73. The summed E-state index contributed by atoms with van der Waals surface area (Å²) in [7, 11) is 1.99. The molecule has 0 aliphatic carbocycles. The van der Waals surface area contributed by atoms with Crippen molar-refractivity contribution in [3.63, 3.8) is 0 Å². The quantitative estimate of drug-likeness (QED) is 0.861. The third-order valence-electron chi connectivity index (χ3n) is 4.19. The summed E-state index contributed by atoms with van der Waals surface area (Å²) < 4.78 is 2.03. The van der Waals surface area contributed by atoms with Crippen molar-refractivity contribution < 1.29 is 4.79 Å². The lowest BCUT2D eigenvalue weighted by Gasteiger charge is -2.21. The first-order chi connectivity index (χ1) is 10.6. The molecule has 1 aliphatic rings. The van der Waals surface area contributed by atoms with E-state index in [2.05, 4.69) is 15.1 Å². The number of aromatic nitrogens is 3. The van der Waals surface area contributed by atoms with E-state index < -0.39 is 0 Å². The van der Waals surface area contributed by atoms with Crippen LogP contribution in [0, 0.1) is 6.92 Å². The van der Waals surface area contributed by atoms with E-state index in [0.717, 1.165) is 56.4 Å². The zero-order valence-corrected chi connectivity index (χ0v) is 13.8. The molecule has 2 aromatic rings. The fourth-order valence-corrected chi connectivity index (χ4v) is 3.32. The number of thiophene rings is 1. The van der Waals surface area contributed by atoms with Crippen molar-refractivity contribution in [3.8, 4) is 0 Å². The standard InChI is InChI=1S/C15H21N5OS/c1-12-16-17-14(18(12)2)10-19-5-3-6-20(8-7-19)15(21)13-4-9-22-11-13/h4,9,11H,3,5-8,10H2,1-2H3. The van der Waals surface area contributed by atoms with Gasteiger partial charge in [0, 0.05) is 38.6 Å². The van der Waals surface area contributed by atoms with Crippen LogP contribution in [-0.2, 0) is 13.6 Å². The fraction of sp³-hybridized carbons (Fsp3) is 0.533. The van der Waals surface area contributed by atoms with E-state index >= 15 is 0 Å². The second-order valence-corrected chi connectivity index (χ2v) is 6.44. The summed E-state index contributed by atoms with van der Waals surface area (Å²) in [5.74, 6) is 2.06. The van der Waals surface area contributed by atoms with Gasteiger partial charge in [0.05, 0.1) is 12.1 Å². The van der Waals surface area contributed by atoms with E-state index in [0.29, 0.717) is 0 Å². The summed E-state index contributed by atoms with van der Waals surface area (Å²) in [5.41, 5.74) is 0.808. The molecule has 0 unspecified atom stereocenters. The van der Waals surface area contributed by atoms with Crippen LogP contribution in [0.2, 0.25) is 0 Å². The third-order valence-corrected chi connectivity index (χ3v) is 4.87. The molecule has 1 fully saturated rings. The first-order valence-electron chi connectivity index (χ1n) is 7.54. The van der Waals surface area contributed by atoms with Gasteiger partial charge in [-0.05, 0) is 24.8 Å². The van der Waals surface area contributed by atoms with Crippen LogP contribution in [0.1, 0.15) is 28.4 Å². The molecular weight excluding hydrogens is 298 g/mol. The van der Waals surface area contributed by atoms with Gasteiger partial charge >= 0.3 is 0 Å². The Morgan fingerprint density at radius 1 is 1.27 bits per heavy atom. The minimum absolute atomic E-state index is 0.151. The lowest BCUT2D eigenvalue weighted by atomic mass is 10.3. The first kappa shape index (κ1) is 15.2. The van der Waals surface area contributed by atoms with Crippen LogP contribution in [0.3, 0.4) is 0 Å². The maximum Gasteiger partial charge on any atom is 0.254 e. The topological polar surface area (TPSA) is 54.3 Å². The van der Waals surface area contributed by atoms with Gasteiger partial charge in [-0.1, -0.05) is 0 Å². The van der Waals surface area contributed by atoms with E-state index in [1.54, 1.807) is 11.3 Å². The van der Waals surface area contributed by atoms with Crippen LogP contribution < -0.4 is 0 Å². The molecule has 22 heavy (non-hydrogen) atoms. The summed E-state index contributed by atoms with van der Waals surface area (Å²) in [6.07, 6.45) is 0.993. The van der Waals surface area contributed by atoms with Gasteiger partial charge in [0.2, 0.25) is 0 Å². The minimum atomic E-state index is 0.151. The number of nitrogens with zero attached hydrogens (tertiary/aromatic N) is 5. The average Bonchev–Trinajstić information content (AvgIpc) is 3.08. The normalized spacial score (nSPS) is 16.7. The van der Waals surface area contributed by atoms with Crippen molar-refractivity contribution >= 4 is 17.2 Å². The molecule has 0 atom stereocenters. The molecule has 1 aliphatic heterocycles. The van der Waals surface area contributed by atoms with E-state index in [4.69, 9.17) is 0 Å². The maximum absolute atomic E-state index is 12.4. The van der Waals surface area contributed by atoms with E-state index in [9.17, 15) is 4.79 Å². The SMILES string of the molecule is Cc1nnc(CN2CCCN(C(=O)c3ccsc3)CC2)n1C. The Balaban J connectivity index is 1.60. The Morgan fingerprint density at radius 2 is 2.14 bits per heavy atom. The Morgan fingerprint density at radius 3 is 2.82 bits per heavy atom. The number of carbonyl (C=O) groups excluding carboxylic acids is 1. The van der Waals surface area contributed by atoms with Gasteiger partial charge in [0.15, 0.2) is 0 Å². The molecule has 0 saturated carbocycles. The Labute approximate surface area is 134 Å². The summed E-state index contributed by atoms with van der Waals surface area (Å²) in [4.78, 5) is 16.7. The number of hydrogen-bond acceptors (Lipinski definition) is 5. The van der Waals surface area contributed by atoms with Crippen molar-refractivity contribution in [2.75, 3.05) is 26.2 Å². The first-order valence-corrected chi connectivity index (χ1v) is 8.48. The van der Waals surface area contributed by atoms with Crippen LogP contribution in [0.4, 0.5) is 0 Å². The van der Waals surface area contributed by atoms with Crippen LogP contribution in [-0.4, -0.2) is 56.7 Å². The average molecular weight is 319 g/mol. The molecule has 0 N–H and O–H groups in total. The molecule has 0 bridgehead atoms. The summed E-state index contributed by atoms with van der Waals surface area (Å²) in [6, 6.07) is 1.90. The van der Waals surface area contributed by atoms with Crippen LogP contribution in [0.25, 0.3) is 0 Å². The predicted octanol–water partition coefficient (Wildman–Crippen LogP) is 1.53. The minimum Gasteiger partial charge on any atom is -0.337 e. The predicted molar refractivity (Wildman–Crippen MR) is 85.9 cm³/mol. The largest absolute Gasteiger partial charge is 0.337 e. The summed E-state index contributed by atoms with van der Waals surface area (Å²) in [5, 5.41) is 12.2. The Bertz CT molecular complexity index is 636. The smallest absolute Gasteiger partial charge is 0.254 e. The van der Waals surface area contributed by atoms with E-state index in [-0.39, 0.29) is 5.91 Å². The van der Waals surface area contributed by atoms with Gasteiger partial charge in [-0.25, -0.2) is 0 Å². The van der Waals surface area contributed by atoms with Gasteiger partial charge in [-0.2, -0.15) is 11.3 Å². The van der Waals surface area contributed by atoms with E-state index in [1.165, 1.54) is 0 Å². The van der Waals surface area contributed by atoms with Crippen molar-refractivity contribution in [2.45, 2.75) is 19.9 Å². The second-order valence-electron chi connectivity index (χ2n) is 5.66. The highest BCUT2D eigenvalue weighted by Gasteiger charge is 2.21. The van der Waals surface area contributed by atoms with Crippen molar-refractivity contribution in [2.24, 2.45) is 7.05 Å². The van der Waals surface area contributed by atoms with Crippen molar-refractivity contribution in [3.05, 3.63) is 34.0 Å². The van der Waals surface area contributed by atoms with Crippen LogP contribution >= 0.6 is 11.3 Å². The van der Waals surface area contributed by atoms with Gasteiger partial charge in [0.25, 0.3) is 5.91 Å². The maximum atomic E-state index is 12.4. The zero-order chi connectivity index (χ0) is 15.5. The monoisotopic (exact) mass is 319 g/mol. The molecular formula is C15H21N5OS.